The van der Waals surface area contributed by atoms with E-state index in [0.717, 1.165) is 11.5 Å². The SMILES string of the molecule is Cc1ccc(NC(=O)[C@H]2C[C@H](C(=O)O)CN(Cc3ncc[nH]3)C2)cn1. The number of carboxylic acids is 1. The van der Waals surface area contributed by atoms with Gasteiger partial charge in [0.15, 0.2) is 0 Å². The summed E-state index contributed by atoms with van der Waals surface area (Å²) in [4.78, 5) is 37.4. The molecule has 25 heavy (non-hydrogen) atoms. The molecule has 3 rings (SSSR count). The Kier molecular flexibility index (Phi) is 5.08. The fourth-order valence-corrected chi connectivity index (χ4v) is 3.07. The van der Waals surface area contributed by atoms with Crippen molar-refractivity contribution in [2.24, 2.45) is 11.8 Å². The first kappa shape index (κ1) is 17.1. The van der Waals surface area contributed by atoms with E-state index < -0.39 is 17.8 Å². The third-order valence-corrected chi connectivity index (χ3v) is 4.35. The minimum absolute atomic E-state index is 0.180. The number of amides is 1. The van der Waals surface area contributed by atoms with E-state index in [1.807, 2.05) is 17.9 Å². The Bertz CT molecular complexity index is 729. The second-order valence-electron chi connectivity index (χ2n) is 6.38. The lowest BCUT2D eigenvalue weighted by Gasteiger charge is -2.34. The number of hydrogen-bond acceptors (Lipinski definition) is 5. The van der Waals surface area contributed by atoms with Crippen LogP contribution < -0.4 is 5.32 Å². The highest BCUT2D eigenvalue weighted by Crippen LogP contribution is 2.24. The Morgan fingerprint density at radius 2 is 2.12 bits per heavy atom. The maximum Gasteiger partial charge on any atom is 0.307 e. The van der Waals surface area contributed by atoms with Crippen LogP contribution in [0.2, 0.25) is 0 Å². The summed E-state index contributed by atoms with van der Waals surface area (Å²) in [5.41, 5.74) is 1.48. The Labute approximate surface area is 145 Å². The van der Waals surface area contributed by atoms with Crippen molar-refractivity contribution in [3.05, 3.63) is 42.2 Å². The highest BCUT2D eigenvalue weighted by atomic mass is 16.4. The molecule has 3 N–H and O–H groups in total. The van der Waals surface area contributed by atoms with Gasteiger partial charge in [0, 0.05) is 31.2 Å². The first-order valence-corrected chi connectivity index (χ1v) is 8.18. The zero-order valence-corrected chi connectivity index (χ0v) is 14.0. The van der Waals surface area contributed by atoms with E-state index in [2.05, 4.69) is 20.3 Å². The Morgan fingerprint density at radius 3 is 2.76 bits per heavy atom. The third kappa shape index (κ3) is 4.42. The Balaban J connectivity index is 1.68. The lowest BCUT2D eigenvalue weighted by atomic mass is 9.88. The number of nitrogens with zero attached hydrogens (tertiary/aromatic N) is 3. The smallest absolute Gasteiger partial charge is 0.307 e. The molecule has 8 nitrogen and oxygen atoms in total. The molecule has 2 aromatic heterocycles. The zero-order valence-electron chi connectivity index (χ0n) is 14.0. The molecule has 0 saturated carbocycles. The van der Waals surface area contributed by atoms with E-state index in [-0.39, 0.29) is 5.91 Å². The van der Waals surface area contributed by atoms with E-state index in [0.29, 0.717) is 31.7 Å². The molecular weight excluding hydrogens is 322 g/mol. The number of likely N-dealkylation sites (tertiary alicyclic amines) is 1. The molecule has 8 heteroatoms. The number of pyridine rings is 1. The molecule has 0 aromatic carbocycles. The normalized spacial score (nSPS) is 21.0. The number of aromatic amines is 1. The van der Waals surface area contributed by atoms with Gasteiger partial charge in [-0.15, -0.1) is 0 Å². The van der Waals surface area contributed by atoms with Crippen molar-refractivity contribution in [3.63, 3.8) is 0 Å². The molecule has 0 spiro atoms. The molecule has 132 valence electrons. The van der Waals surface area contributed by atoms with Crippen molar-refractivity contribution in [1.29, 1.82) is 0 Å². The monoisotopic (exact) mass is 343 g/mol. The van der Waals surface area contributed by atoms with E-state index in [4.69, 9.17) is 0 Å². The van der Waals surface area contributed by atoms with Crippen molar-refractivity contribution < 1.29 is 14.7 Å². The van der Waals surface area contributed by atoms with Crippen LogP contribution >= 0.6 is 0 Å². The highest BCUT2D eigenvalue weighted by molar-refractivity contribution is 5.93. The summed E-state index contributed by atoms with van der Waals surface area (Å²) < 4.78 is 0. The second kappa shape index (κ2) is 7.43. The first-order valence-electron chi connectivity index (χ1n) is 8.18. The van der Waals surface area contributed by atoms with E-state index in [1.54, 1.807) is 24.7 Å². The second-order valence-corrected chi connectivity index (χ2v) is 6.38. The summed E-state index contributed by atoms with van der Waals surface area (Å²) in [5, 5.41) is 12.2. The van der Waals surface area contributed by atoms with Crippen molar-refractivity contribution in [2.75, 3.05) is 18.4 Å². The van der Waals surface area contributed by atoms with Gasteiger partial charge >= 0.3 is 5.97 Å². The van der Waals surface area contributed by atoms with E-state index in [9.17, 15) is 14.7 Å². The average Bonchev–Trinajstić information content (AvgIpc) is 3.09. The Morgan fingerprint density at radius 1 is 1.32 bits per heavy atom. The predicted molar refractivity (Wildman–Crippen MR) is 90.7 cm³/mol. The zero-order chi connectivity index (χ0) is 17.8. The number of hydrogen-bond donors (Lipinski definition) is 3. The van der Waals surface area contributed by atoms with Crippen molar-refractivity contribution in [2.45, 2.75) is 19.9 Å². The summed E-state index contributed by atoms with van der Waals surface area (Å²) >= 11 is 0. The number of carbonyl (C=O) groups is 2. The molecule has 0 radical (unpaired) electrons. The molecule has 0 unspecified atom stereocenters. The molecule has 1 aliphatic rings. The van der Waals surface area contributed by atoms with Gasteiger partial charge in [0.25, 0.3) is 0 Å². The highest BCUT2D eigenvalue weighted by Gasteiger charge is 2.35. The molecule has 1 fully saturated rings. The first-order chi connectivity index (χ1) is 12.0. The van der Waals surface area contributed by atoms with Crippen molar-refractivity contribution in [1.82, 2.24) is 19.9 Å². The van der Waals surface area contributed by atoms with Gasteiger partial charge in [0.2, 0.25) is 5.91 Å². The summed E-state index contributed by atoms with van der Waals surface area (Å²) in [6.07, 6.45) is 5.31. The minimum Gasteiger partial charge on any atom is -0.481 e. The molecule has 1 aliphatic heterocycles. The standard InChI is InChI=1S/C17H21N5O3/c1-11-2-3-14(7-20-11)21-16(23)12-6-13(17(24)25)9-22(8-12)10-15-18-4-5-19-15/h2-5,7,12-13H,6,8-10H2,1H3,(H,18,19)(H,21,23)(H,24,25)/t12-,13-/m0/s1. The summed E-state index contributed by atoms with van der Waals surface area (Å²) in [7, 11) is 0. The molecule has 2 atom stereocenters. The Hall–Kier alpha value is -2.74. The van der Waals surface area contributed by atoms with Gasteiger partial charge in [-0.1, -0.05) is 0 Å². The molecule has 3 heterocycles. The van der Waals surface area contributed by atoms with Crippen LogP contribution in [0.15, 0.2) is 30.7 Å². The molecule has 1 saturated heterocycles. The van der Waals surface area contributed by atoms with Crippen LogP contribution in [0.1, 0.15) is 17.9 Å². The molecule has 0 aliphatic carbocycles. The van der Waals surface area contributed by atoms with Crippen LogP contribution in [0.5, 0.6) is 0 Å². The molecule has 0 bridgehead atoms. The number of nitrogens with one attached hydrogen (secondary N) is 2. The van der Waals surface area contributed by atoms with Crippen LogP contribution in [0.25, 0.3) is 0 Å². The van der Waals surface area contributed by atoms with Gasteiger partial charge in [-0.3, -0.25) is 19.5 Å². The van der Waals surface area contributed by atoms with Gasteiger partial charge in [-0.25, -0.2) is 4.98 Å². The number of carbonyl (C=O) groups excluding carboxylic acids is 1. The topological polar surface area (TPSA) is 111 Å². The van der Waals surface area contributed by atoms with Crippen LogP contribution in [0, 0.1) is 18.8 Å². The lowest BCUT2D eigenvalue weighted by molar-refractivity contribution is -0.145. The number of H-pyrrole nitrogens is 1. The van der Waals surface area contributed by atoms with Crippen LogP contribution in [-0.4, -0.2) is 49.9 Å². The van der Waals surface area contributed by atoms with Gasteiger partial charge in [-0.05, 0) is 25.5 Å². The minimum atomic E-state index is -0.876. The summed E-state index contributed by atoms with van der Waals surface area (Å²) in [5.74, 6) is -1.27. The van der Waals surface area contributed by atoms with Crippen LogP contribution in [-0.2, 0) is 16.1 Å². The van der Waals surface area contributed by atoms with E-state index >= 15 is 0 Å². The maximum atomic E-state index is 12.6. The maximum absolute atomic E-state index is 12.6. The quantitative estimate of drug-likeness (QED) is 0.754. The number of aryl methyl sites for hydroxylation is 1. The number of aliphatic carboxylic acids is 1. The van der Waals surface area contributed by atoms with Crippen molar-refractivity contribution in [3.8, 4) is 0 Å². The largest absolute Gasteiger partial charge is 0.481 e. The number of rotatable bonds is 5. The predicted octanol–water partition coefficient (Wildman–Crippen LogP) is 1.27. The van der Waals surface area contributed by atoms with Gasteiger partial charge in [0.1, 0.15) is 5.82 Å². The number of piperidine rings is 1. The lowest BCUT2D eigenvalue weighted by Crippen LogP contribution is -2.46. The summed E-state index contributed by atoms with van der Waals surface area (Å²) in [6, 6.07) is 3.61. The third-order valence-electron chi connectivity index (χ3n) is 4.35. The fraction of sp³-hybridized carbons (Fsp3) is 0.412. The van der Waals surface area contributed by atoms with Crippen LogP contribution in [0.4, 0.5) is 5.69 Å². The number of aromatic nitrogens is 3. The van der Waals surface area contributed by atoms with E-state index in [1.165, 1.54) is 0 Å². The molecular formula is C17H21N5O3. The number of imidazole rings is 1. The van der Waals surface area contributed by atoms with Crippen LogP contribution in [0.3, 0.4) is 0 Å². The van der Waals surface area contributed by atoms with Crippen molar-refractivity contribution >= 4 is 17.6 Å². The summed E-state index contributed by atoms with van der Waals surface area (Å²) in [6.45, 7) is 3.27. The fourth-order valence-electron chi connectivity index (χ4n) is 3.07. The average molecular weight is 343 g/mol. The number of anilines is 1. The molecule has 1 amide bonds. The van der Waals surface area contributed by atoms with Gasteiger partial charge in [0.05, 0.1) is 30.3 Å². The molecule has 2 aromatic rings. The van der Waals surface area contributed by atoms with Gasteiger partial charge < -0.3 is 15.4 Å². The van der Waals surface area contributed by atoms with Gasteiger partial charge in [-0.2, -0.15) is 0 Å². The number of carboxylic acid groups (broad SMARTS) is 1.